The molecule has 3 nitrogen and oxygen atoms in total. The number of hydrogen-bond acceptors (Lipinski definition) is 2. The van der Waals surface area contributed by atoms with Crippen LogP contribution in [0.5, 0.6) is 5.75 Å². The second kappa shape index (κ2) is 11.2. The molecule has 0 aliphatic heterocycles. The lowest BCUT2D eigenvalue weighted by Crippen LogP contribution is -2.30. The van der Waals surface area contributed by atoms with E-state index < -0.39 is 11.7 Å². The Kier molecular flexibility index (Phi) is 8.04. The number of aromatic nitrogens is 1. The van der Waals surface area contributed by atoms with E-state index in [0.717, 1.165) is 29.1 Å². The Balaban J connectivity index is 1.45. The molecule has 0 fully saturated rings. The van der Waals surface area contributed by atoms with Crippen molar-refractivity contribution in [2.24, 2.45) is 0 Å². The summed E-state index contributed by atoms with van der Waals surface area (Å²) in [6, 6.07) is 22.1. The van der Waals surface area contributed by atoms with Crippen LogP contribution in [0.15, 0.2) is 79.0 Å². The Morgan fingerprint density at radius 3 is 2.51 bits per heavy atom. The number of H-pyrrole nitrogens is 1. The van der Waals surface area contributed by atoms with Crippen LogP contribution in [0.1, 0.15) is 36.0 Å². The van der Waals surface area contributed by atoms with Gasteiger partial charge in [0.05, 0.1) is 17.2 Å². The van der Waals surface area contributed by atoms with E-state index in [2.05, 4.69) is 28.9 Å². The zero-order valence-corrected chi connectivity index (χ0v) is 20.2. The van der Waals surface area contributed by atoms with E-state index in [0.29, 0.717) is 31.8 Å². The molecule has 0 aliphatic rings. The van der Waals surface area contributed by atoms with Crippen LogP contribution in [-0.2, 0) is 12.7 Å². The highest BCUT2D eigenvalue weighted by molar-refractivity contribution is 6.32. The fourth-order valence-corrected chi connectivity index (χ4v) is 4.62. The molecule has 0 bridgehead atoms. The van der Waals surface area contributed by atoms with Gasteiger partial charge in [-0.05, 0) is 47.7 Å². The standard InChI is InChI=1S/C28H28ClF3N2O/c1-20(21-8-3-2-4-9-21)18-34(19-22-10-5-11-24(27(22)29)28(30,31)32)16-7-17-35-26-13-6-12-25-23(26)14-15-33-25/h2-6,8-15,20,33H,7,16-19H2,1H3/t20-/m1/s1. The second-order valence-corrected chi connectivity index (χ2v) is 9.10. The van der Waals surface area contributed by atoms with Crippen molar-refractivity contribution in [1.29, 1.82) is 0 Å². The van der Waals surface area contributed by atoms with E-state index in [1.807, 2.05) is 48.7 Å². The molecule has 184 valence electrons. The second-order valence-electron chi connectivity index (χ2n) is 8.72. The highest BCUT2D eigenvalue weighted by Gasteiger charge is 2.34. The molecule has 1 N–H and O–H groups in total. The predicted octanol–water partition coefficient (Wildman–Crippen LogP) is 7.91. The summed E-state index contributed by atoms with van der Waals surface area (Å²) in [6.45, 7) is 4.29. The van der Waals surface area contributed by atoms with E-state index in [9.17, 15) is 13.2 Å². The molecular formula is C28H28ClF3N2O. The van der Waals surface area contributed by atoms with Gasteiger partial charge in [-0.1, -0.05) is 67.1 Å². The molecule has 1 heterocycles. The van der Waals surface area contributed by atoms with Gasteiger partial charge in [-0.2, -0.15) is 13.2 Å². The number of aromatic amines is 1. The maximum Gasteiger partial charge on any atom is 0.417 e. The maximum atomic E-state index is 13.4. The Morgan fingerprint density at radius 2 is 1.74 bits per heavy atom. The first-order valence-corrected chi connectivity index (χ1v) is 12.0. The summed E-state index contributed by atoms with van der Waals surface area (Å²) < 4.78 is 46.2. The van der Waals surface area contributed by atoms with Crippen molar-refractivity contribution in [2.75, 3.05) is 19.7 Å². The highest BCUT2D eigenvalue weighted by Crippen LogP contribution is 2.36. The lowest BCUT2D eigenvalue weighted by molar-refractivity contribution is -0.137. The van der Waals surface area contributed by atoms with Gasteiger partial charge in [-0.15, -0.1) is 0 Å². The average Bonchev–Trinajstić information content (AvgIpc) is 3.32. The fraction of sp³-hybridized carbons (Fsp3) is 0.286. The summed E-state index contributed by atoms with van der Waals surface area (Å²) in [5.41, 5.74) is 1.87. The van der Waals surface area contributed by atoms with Crippen LogP contribution in [0.4, 0.5) is 13.2 Å². The van der Waals surface area contributed by atoms with Gasteiger partial charge in [-0.25, -0.2) is 0 Å². The van der Waals surface area contributed by atoms with Gasteiger partial charge in [0.1, 0.15) is 5.75 Å². The van der Waals surface area contributed by atoms with Crippen molar-refractivity contribution in [1.82, 2.24) is 9.88 Å². The van der Waals surface area contributed by atoms with Crippen LogP contribution in [0.2, 0.25) is 5.02 Å². The Hall–Kier alpha value is -2.96. The number of alkyl halides is 3. The molecule has 35 heavy (non-hydrogen) atoms. The summed E-state index contributed by atoms with van der Waals surface area (Å²) in [5, 5.41) is 0.797. The van der Waals surface area contributed by atoms with Crippen LogP contribution in [0, 0.1) is 0 Å². The van der Waals surface area contributed by atoms with Crippen LogP contribution in [-0.4, -0.2) is 29.6 Å². The first-order valence-electron chi connectivity index (χ1n) is 11.6. The minimum atomic E-state index is -4.48. The van der Waals surface area contributed by atoms with E-state index in [1.54, 1.807) is 6.07 Å². The van der Waals surface area contributed by atoms with Gasteiger partial charge in [-0.3, -0.25) is 4.90 Å². The molecule has 0 unspecified atom stereocenters. The third-order valence-electron chi connectivity index (χ3n) is 6.11. The summed E-state index contributed by atoms with van der Waals surface area (Å²) in [6.07, 6.45) is -1.88. The van der Waals surface area contributed by atoms with Gasteiger partial charge in [0.25, 0.3) is 0 Å². The predicted molar refractivity (Wildman–Crippen MR) is 135 cm³/mol. The molecule has 0 spiro atoms. The number of ether oxygens (including phenoxy) is 1. The SMILES string of the molecule is C[C@H](CN(CCCOc1cccc2[nH]ccc12)Cc1cccc(C(F)(F)F)c1Cl)c1ccccc1. The third-order valence-corrected chi connectivity index (χ3v) is 6.56. The lowest BCUT2D eigenvalue weighted by atomic mass is 10.00. The number of fused-ring (bicyclic) bond motifs is 1. The maximum absolute atomic E-state index is 13.4. The Morgan fingerprint density at radius 1 is 0.971 bits per heavy atom. The molecule has 0 aliphatic carbocycles. The summed E-state index contributed by atoms with van der Waals surface area (Å²) in [4.78, 5) is 5.32. The van der Waals surface area contributed by atoms with Crippen molar-refractivity contribution in [3.05, 3.63) is 101 Å². The molecule has 4 rings (SSSR count). The molecule has 0 saturated heterocycles. The largest absolute Gasteiger partial charge is 0.493 e. The molecule has 4 aromatic rings. The molecular weight excluding hydrogens is 473 g/mol. The third kappa shape index (κ3) is 6.38. The summed E-state index contributed by atoms with van der Waals surface area (Å²) >= 11 is 6.20. The molecule has 1 aromatic heterocycles. The van der Waals surface area contributed by atoms with Crippen LogP contribution < -0.4 is 4.74 Å². The lowest BCUT2D eigenvalue weighted by Gasteiger charge is -2.27. The van der Waals surface area contributed by atoms with Gasteiger partial charge in [0.2, 0.25) is 0 Å². The minimum Gasteiger partial charge on any atom is -0.493 e. The smallest absolute Gasteiger partial charge is 0.417 e. The van der Waals surface area contributed by atoms with Crippen molar-refractivity contribution in [3.8, 4) is 5.75 Å². The van der Waals surface area contributed by atoms with Crippen molar-refractivity contribution < 1.29 is 17.9 Å². The topological polar surface area (TPSA) is 28.3 Å². The highest BCUT2D eigenvalue weighted by atomic mass is 35.5. The van der Waals surface area contributed by atoms with Crippen molar-refractivity contribution in [3.63, 3.8) is 0 Å². The van der Waals surface area contributed by atoms with Crippen LogP contribution in [0.25, 0.3) is 10.9 Å². The molecule has 0 saturated carbocycles. The van der Waals surface area contributed by atoms with Gasteiger partial charge >= 0.3 is 6.18 Å². The van der Waals surface area contributed by atoms with E-state index in [1.165, 1.54) is 11.6 Å². The zero-order chi connectivity index (χ0) is 24.8. The number of hydrogen-bond donors (Lipinski definition) is 1. The molecule has 7 heteroatoms. The zero-order valence-electron chi connectivity index (χ0n) is 19.5. The molecule has 1 atom stereocenters. The fourth-order valence-electron chi connectivity index (χ4n) is 4.32. The van der Waals surface area contributed by atoms with E-state index in [-0.39, 0.29) is 10.9 Å². The summed E-state index contributed by atoms with van der Waals surface area (Å²) in [7, 11) is 0. The number of rotatable bonds is 10. The number of nitrogens with one attached hydrogen (secondary N) is 1. The van der Waals surface area contributed by atoms with Crippen molar-refractivity contribution >= 4 is 22.5 Å². The first-order chi connectivity index (χ1) is 16.8. The molecule has 3 aromatic carbocycles. The Bertz CT molecular complexity index is 1240. The quantitative estimate of drug-likeness (QED) is 0.224. The number of benzene rings is 3. The Labute approximate surface area is 208 Å². The minimum absolute atomic E-state index is 0.204. The van der Waals surface area contributed by atoms with E-state index in [4.69, 9.17) is 16.3 Å². The van der Waals surface area contributed by atoms with Gasteiger partial charge in [0.15, 0.2) is 0 Å². The first kappa shape index (κ1) is 25.1. The van der Waals surface area contributed by atoms with E-state index >= 15 is 0 Å². The van der Waals surface area contributed by atoms with Gasteiger partial charge in [0, 0.05) is 36.7 Å². The van der Waals surface area contributed by atoms with Crippen molar-refractivity contribution in [2.45, 2.75) is 32.0 Å². The number of halogens is 4. The normalized spacial score (nSPS) is 12.9. The monoisotopic (exact) mass is 500 g/mol. The summed E-state index contributed by atoms with van der Waals surface area (Å²) in [5.74, 6) is 1.02. The van der Waals surface area contributed by atoms with Crippen LogP contribution in [0.3, 0.4) is 0 Å². The average molecular weight is 501 g/mol. The van der Waals surface area contributed by atoms with Gasteiger partial charge < -0.3 is 9.72 Å². The molecule has 0 radical (unpaired) electrons. The number of nitrogens with zero attached hydrogens (tertiary/aromatic N) is 1. The van der Waals surface area contributed by atoms with Crippen LogP contribution >= 0.6 is 11.6 Å². The molecule has 0 amide bonds.